The Morgan fingerprint density at radius 1 is 1.03 bits per heavy atom. The highest BCUT2D eigenvalue weighted by molar-refractivity contribution is 7.99. The van der Waals surface area contributed by atoms with Crippen molar-refractivity contribution in [3.8, 4) is 11.5 Å². The van der Waals surface area contributed by atoms with Gasteiger partial charge in [0, 0.05) is 29.9 Å². The predicted octanol–water partition coefficient (Wildman–Crippen LogP) is 5.09. The number of aromatic nitrogens is 2. The number of hydrogen-bond acceptors (Lipinski definition) is 6. The monoisotopic (exact) mass is 431 g/mol. The Balaban J connectivity index is 1.76. The summed E-state index contributed by atoms with van der Waals surface area (Å²) in [5, 5.41) is 10.8. The van der Waals surface area contributed by atoms with Crippen LogP contribution in [0.3, 0.4) is 0 Å². The highest BCUT2D eigenvalue weighted by Gasteiger charge is 2.22. The minimum atomic E-state index is 0.281. The number of hydrogen-bond donors (Lipinski definition) is 1. The van der Waals surface area contributed by atoms with Crippen molar-refractivity contribution in [1.29, 1.82) is 5.41 Å². The van der Waals surface area contributed by atoms with E-state index in [9.17, 15) is 0 Å². The zero-order valence-electron chi connectivity index (χ0n) is 18.1. The summed E-state index contributed by atoms with van der Waals surface area (Å²) in [6, 6.07) is 4.12. The maximum absolute atomic E-state index is 9.09. The maximum Gasteiger partial charge on any atom is 0.170 e. The Hall–Kier alpha value is -1.73. The summed E-state index contributed by atoms with van der Waals surface area (Å²) in [4.78, 5) is 5.03. The Morgan fingerprint density at radius 3 is 2.40 bits per heavy atom. The van der Waals surface area contributed by atoms with Gasteiger partial charge in [0.05, 0.1) is 25.8 Å². The normalized spacial score (nSPS) is 20.8. The molecule has 1 aliphatic heterocycles. The molecular formula is C23H33N3O3S. The zero-order valence-corrected chi connectivity index (χ0v) is 18.9. The summed E-state index contributed by atoms with van der Waals surface area (Å²) in [7, 11) is 3.27. The molecule has 1 aromatic carbocycles. The standard InChI is InChI=1S/C23H33N3O3S/c1-27-20-13-18-19(14-21(20)28-2)25-23(30-15-17-11-7-8-12-29-17)26(22(18)24)16-9-5-3-4-6-10-16/h13-14,16-17,24H,3-12,15H2,1-2H3. The molecule has 1 aromatic heterocycles. The van der Waals surface area contributed by atoms with Gasteiger partial charge in [-0.2, -0.15) is 0 Å². The van der Waals surface area contributed by atoms with Crippen LogP contribution in [-0.4, -0.2) is 42.2 Å². The van der Waals surface area contributed by atoms with Gasteiger partial charge in [0.2, 0.25) is 0 Å². The summed E-state index contributed by atoms with van der Waals surface area (Å²) in [6.07, 6.45) is 11.0. The average Bonchev–Trinajstić information content (AvgIpc) is 3.07. The van der Waals surface area contributed by atoms with Crippen molar-refractivity contribution in [2.24, 2.45) is 0 Å². The summed E-state index contributed by atoms with van der Waals surface area (Å²) in [6.45, 7) is 0.861. The second-order valence-electron chi connectivity index (χ2n) is 8.28. The Kier molecular flexibility index (Phi) is 7.20. The number of methoxy groups -OCH3 is 2. The number of thioether (sulfide) groups is 1. The van der Waals surface area contributed by atoms with Crippen LogP contribution in [0.15, 0.2) is 17.3 Å². The molecule has 4 rings (SSSR count). The van der Waals surface area contributed by atoms with E-state index in [2.05, 4.69) is 4.57 Å². The van der Waals surface area contributed by atoms with Gasteiger partial charge in [-0.1, -0.05) is 37.4 Å². The van der Waals surface area contributed by atoms with Crippen LogP contribution in [-0.2, 0) is 4.74 Å². The summed E-state index contributed by atoms with van der Waals surface area (Å²) < 4.78 is 19.1. The molecule has 2 aliphatic rings. The van der Waals surface area contributed by atoms with E-state index in [-0.39, 0.29) is 6.10 Å². The van der Waals surface area contributed by atoms with Crippen molar-refractivity contribution < 1.29 is 14.2 Å². The second kappa shape index (κ2) is 10.1. The van der Waals surface area contributed by atoms with Gasteiger partial charge in [0.25, 0.3) is 0 Å². The molecule has 1 aliphatic carbocycles. The van der Waals surface area contributed by atoms with E-state index < -0.39 is 0 Å². The number of rotatable bonds is 6. The topological polar surface area (TPSA) is 69.4 Å². The minimum absolute atomic E-state index is 0.281. The Morgan fingerprint density at radius 2 is 1.73 bits per heavy atom. The van der Waals surface area contributed by atoms with E-state index in [0.717, 1.165) is 54.1 Å². The summed E-state index contributed by atoms with van der Waals surface area (Å²) in [5.74, 6) is 2.18. The highest BCUT2D eigenvalue weighted by atomic mass is 32.2. The van der Waals surface area contributed by atoms with Gasteiger partial charge in [-0.3, -0.25) is 5.41 Å². The summed E-state index contributed by atoms with van der Waals surface area (Å²) >= 11 is 1.74. The first-order chi connectivity index (χ1) is 14.7. The van der Waals surface area contributed by atoms with E-state index in [4.69, 9.17) is 24.6 Å². The molecule has 0 spiro atoms. The van der Waals surface area contributed by atoms with Crippen molar-refractivity contribution in [2.45, 2.75) is 75.1 Å². The van der Waals surface area contributed by atoms with Crippen LogP contribution < -0.4 is 15.0 Å². The van der Waals surface area contributed by atoms with Crippen LogP contribution >= 0.6 is 11.8 Å². The molecular weight excluding hydrogens is 398 g/mol. The second-order valence-corrected chi connectivity index (χ2v) is 9.27. The Labute approximate surface area is 182 Å². The van der Waals surface area contributed by atoms with Crippen LogP contribution in [0.4, 0.5) is 0 Å². The molecule has 0 amide bonds. The number of nitrogens with zero attached hydrogens (tertiary/aromatic N) is 2. The van der Waals surface area contributed by atoms with Crippen molar-refractivity contribution in [3.05, 3.63) is 17.6 Å². The predicted molar refractivity (Wildman–Crippen MR) is 120 cm³/mol. The van der Waals surface area contributed by atoms with Gasteiger partial charge < -0.3 is 18.8 Å². The molecule has 2 fully saturated rings. The number of ether oxygens (including phenoxy) is 3. The van der Waals surface area contributed by atoms with Gasteiger partial charge in [-0.25, -0.2) is 4.98 Å². The third-order valence-corrected chi connectivity index (χ3v) is 7.37. The number of nitrogens with one attached hydrogen (secondary N) is 1. The van der Waals surface area contributed by atoms with Crippen molar-refractivity contribution in [3.63, 3.8) is 0 Å². The smallest absolute Gasteiger partial charge is 0.170 e. The number of fused-ring (bicyclic) bond motifs is 1. The maximum atomic E-state index is 9.09. The lowest BCUT2D eigenvalue weighted by Crippen LogP contribution is -2.29. The fraction of sp³-hybridized carbons (Fsp3) is 0.652. The summed E-state index contributed by atoms with van der Waals surface area (Å²) in [5.41, 5.74) is 1.31. The first-order valence-electron chi connectivity index (χ1n) is 11.2. The van der Waals surface area contributed by atoms with E-state index in [0.29, 0.717) is 23.0 Å². The quantitative estimate of drug-likeness (QED) is 0.392. The molecule has 1 unspecified atom stereocenters. The van der Waals surface area contributed by atoms with E-state index in [1.807, 2.05) is 12.1 Å². The first-order valence-corrected chi connectivity index (χ1v) is 12.2. The average molecular weight is 432 g/mol. The lowest BCUT2D eigenvalue weighted by atomic mass is 10.1. The Bertz CT molecular complexity index is 916. The third-order valence-electron chi connectivity index (χ3n) is 6.28. The zero-order chi connectivity index (χ0) is 20.9. The van der Waals surface area contributed by atoms with Crippen LogP contribution in [0.5, 0.6) is 11.5 Å². The SMILES string of the molecule is COc1cc2nc(SCC3CCCCO3)n(C3CCCCCC3)c(=N)c2cc1OC. The molecule has 1 saturated carbocycles. The van der Waals surface area contributed by atoms with Gasteiger partial charge in [-0.15, -0.1) is 0 Å². The molecule has 7 heteroatoms. The number of benzene rings is 1. The van der Waals surface area contributed by atoms with Crippen LogP contribution in [0, 0.1) is 5.41 Å². The lowest BCUT2D eigenvalue weighted by molar-refractivity contribution is 0.0315. The highest BCUT2D eigenvalue weighted by Crippen LogP contribution is 2.34. The van der Waals surface area contributed by atoms with E-state index >= 15 is 0 Å². The first kappa shape index (κ1) is 21.5. The van der Waals surface area contributed by atoms with Gasteiger partial charge in [-0.05, 0) is 38.2 Å². The fourth-order valence-electron chi connectivity index (χ4n) is 4.60. The molecule has 30 heavy (non-hydrogen) atoms. The molecule has 0 bridgehead atoms. The minimum Gasteiger partial charge on any atom is -0.493 e. The van der Waals surface area contributed by atoms with Gasteiger partial charge >= 0.3 is 0 Å². The van der Waals surface area contributed by atoms with Crippen LogP contribution in [0.2, 0.25) is 0 Å². The largest absolute Gasteiger partial charge is 0.493 e. The van der Waals surface area contributed by atoms with E-state index in [1.165, 1.54) is 32.1 Å². The molecule has 1 saturated heterocycles. The van der Waals surface area contributed by atoms with E-state index in [1.54, 1.807) is 26.0 Å². The lowest BCUT2D eigenvalue weighted by Gasteiger charge is -2.25. The van der Waals surface area contributed by atoms with Crippen molar-refractivity contribution in [1.82, 2.24) is 9.55 Å². The van der Waals surface area contributed by atoms with Gasteiger partial charge in [0.15, 0.2) is 16.7 Å². The van der Waals surface area contributed by atoms with Gasteiger partial charge in [0.1, 0.15) is 5.49 Å². The van der Waals surface area contributed by atoms with Crippen molar-refractivity contribution >= 4 is 22.7 Å². The van der Waals surface area contributed by atoms with Crippen LogP contribution in [0.1, 0.15) is 63.8 Å². The molecule has 1 N–H and O–H groups in total. The molecule has 2 aromatic rings. The molecule has 164 valence electrons. The van der Waals surface area contributed by atoms with Crippen LogP contribution in [0.25, 0.3) is 10.9 Å². The molecule has 1 atom stereocenters. The van der Waals surface area contributed by atoms with Crippen molar-refractivity contribution in [2.75, 3.05) is 26.6 Å². The molecule has 6 nitrogen and oxygen atoms in total. The fourth-order valence-corrected chi connectivity index (χ4v) is 5.74. The third kappa shape index (κ3) is 4.62. The molecule has 2 heterocycles. The molecule has 0 radical (unpaired) electrons.